The van der Waals surface area contributed by atoms with E-state index in [0.717, 1.165) is 15.8 Å². The third-order valence-electron chi connectivity index (χ3n) is 4.11. The second-order valence-corrected chi connectivity index (χ2v) is 7.47. The second kappa shape index (κ2) is 7.59. The summed E-state index contributed by atoms with van der Waals surface area (Å²) in [5.41, 5.74) is -0.261. The lowest BCUT2D eigenvalue weighted by molar-refractivity contribution is -0.137. The topological polar surface area (TPSA) is 36.4 Å². The molecule has 1 saturated heterocycles. The van der Waals surface area contributed by atoms with Gasteiger partial charge in [0, 0.05) is 41.5 Å². The highest BCUT2D eigenvalue weighted by Gasteiger charge is 2.32. The van der Waals surface area contributed by atoms with E-state index in [4.69, 9.17) is 11.6 Å². The number of pyridine rings is 1. The highest BCUT2D eigenvalue weighted by molar-refractivity contribution is 14.1. The Kier molecular flexibility index (Phi) is 5.61. The van der Waals surface area contributed by atoms with E-state index in [1.807, 2.05) is 12.1 Å². The molecule has 0 unspecified atom stereocenters. The average molecular weight is 496 g/mol. The van der Waals surface area contributed by atoms with Crippen molar-refractivity contribution in [2.75, 3.05) is 31.1 Å². The summed E-state index contributed by atoms with van der Waals surface area (Å²) in [6.07, 6.45) is -3.70. The van der Waals surface area contributed by atoms with E-state index < -0.39 is 11.7 Å². The Morgan fingerprint density at radius 1 is 1.12 bits per heavy atom. The minimum Gasteiger partial charge on any atom is -0.352 e. The summed E-state index contributed by atoms with van der Waals surface area (Å²) < 4.78 is 39.2. The quantitative estimate of drug-likeness (QED) is 0.583. The van der Waals surface area contributed by atoms with E-state index in [2.05, 4.69) is 27.6 Å². The van der Waals surface area contributed by atoms with Crippen molar-refractivity contribution >= 4 is 45.9 Å². The Morgan fingerprint density at radius 3 is 2.27 bits per heavy atom. The summed E-state index contributed by atoms with van der Waals surface area (Å²) in [4.78, 5) is 19.9. The van der Waals surface area contributed by atoms with Crippen LogP contribution in [0.3, 0.4) is 0 Å². The maximum absolute atomic E-state index is 12.7. The molecular formula is C17H14ClF3IN3O. The third kappa shape index (κ3) is 4.22. The fourth-order valence-corrected chi connectivity index (χ4v) is 3.36. The van der Waals surface area contributed by atoms with Gasteiger partial charge in [0.1, 0.15) is 5.82 Å². The number of hydrogen-bond donors (Lipinski definition) is 0. The van der Waals surface area contributed by atoms with Gasteiger partial charge in [0.2, 0.25) is 0 Å². The van der Waals surface area contributed by atoms with Crippen LogP contribution in [-0.2, 0) is 6.18 Å². The molecule has 138 valence electrons. The molecule has 1 aromatic carbocycles. The van der Waals surface area contributed by atoms with Crippen molar-refractivity contribution in [2.24, 2.45) is 0 Å². The normalized spacial score (nSPS) is 15.3. The molecule has 0 atom stereocenters. The Hall–Kier alpha value is -1.55. The lowest BCUT2D eigenvalue weighted by atomic mass is 10.2. The van der Waals surface area contributed by atoms with Gasteiger partial charge in [-0.15, -0.1) is 0 Å². The molecule has 0 saturated carbocycles. The fraction of sp³-hybridized carbons (Fsp3) is 0.294. The first-order chi connectivity index (χ1) is 12.3. The Balaban J connectivity index is 1.67. The van der Waals surface area contributed by atoms with Crippen LogP contribution >= 0.6 is 34.2 Å². The van der Waals surface area contributed by atoms with E-state index >= 15 is 0 Å². The SMILES string of the molecule is O=C(c1ccc(I)cc1)N1CCN(c2ncc(C(F)(F)F)cc2Cl)CC1. The maximum Gasteiger partial charge on any atom is 0.417 e. The van der Waals surface area contributed by atoms with Crippen LogP contribution in [0.5, 0.6) is 0 Å². The van der Waals surface area contributed by atoms with Crippen molar-refractivity contribution in [3.63, 3.8) is 0 Å². The van der Waals surface area contributed by atoms with Gasteiger partial charge in [-0.25, -0.2) is 4.98 Å². The number of carbonyl (C=O) groups is 1. The predicted molar refractivity (Wildman–Crippen MR) is 102 cm³/mol. The number of piperazine rings is 1. The largest absolute Gasteiger partial charge is 0.417 e. The number of anilines is 1. The van der Waals surface area contributed by atoms with E-state index in [9.17, 15) is 18.0 Å². The van der Waals surface area contributed by atoms with Gasteiger partial charge in [0.25, 0.3) is 5.91 Å². The molecule has 9 heteroatoms. The summed E-state index contributed by atoms with van der Waals surface area (Å²) in [6.45, 7) is 1.80. The van der Waals surface area contributed by atoms with Gasteiger partial charge in [0.15, 0.2) is 0 Å². The van der Waals surface area contributed by atoms with Crippen LogP contribution in [0, 0.1) is 3.57 Å². The molecular weight excluding hydrogens is 482 g/mol. The van der Waals surface area contributed by atoms with Crippen LogP contribution in [0.1, 0.15) is 15.9 Å². The molecule has 1 aromatic heterocycles. The second-order valence-electron chi connectivity index (χ2n) is 5.81. The molecule has 0 bridgehead atoms. The van der Waals surface area contributed by atoms with E-state index in [1.54, 1.807) is 21.9 Å². The highest BCUT2D eigenvalue weighted by Crippen LogP contribution is 2.33. The Bertz CT molecular complexity index is 806. The molecule has 0 radical (unpaired) electrons. The van der Waals surface area contributed by atoms with E-state index in [-0.39, 0.29) is 10.9 Å². The molecule has 2 aromatic rings. The van der Waals surface area contributed by atoms with Crippen LogP contribution in [-0.4, -0.2) is 42.0 Å². The number of rotatable bonds is 2. The van der Waals surface area contributed by atoms with Gasteiger partial charge in [-0.3, -0.25) is 4.79 Å². The van der Waals surface area contributed by atoms with Crippen LogP contribution in [0.15, 0.2) is 36.5 Å². The summed E-state index contributed by atoms with van der Waals surface area (Å²) in [5.74, 6) is 0.244. The molecule has 0 aliphatic carbocycles. The fourth-order valence-electron chi connectivity index (χ4n) is 2.71. The number of nitrogens with zero attached hydrogens (tertiary/aromatic N) is 3. The summed E-state index contributed by atoms with van der Waals surface area (Å²) in [5, 5.41) is -0.0442. The van der Waals surface area contributed by atoms with Gasteiger partial charge >= 0.3 is 6.18 Å². The lowest BCUT2D eigenvalue weighted by Crippen LogP contribution is -2.49. The van der Waals surface area contributed by atoms with Gasteiger partial charge in [-0.1, -0.05) is 11.6 Å². The zero-order valence-corrected chi connectivity index (χ0v) is 16.3. The number of amides is 1. The number of alkyl halides is 3. The zero-order chi connectivity index (χ0) is 18.9. The van der Waals surface area contributed by atoms with Crippen LogP contribution in [0.25, 0.3) is 0 Å². The summed E-state index contributed by atoms with van der Waals surface area (Å²) in [7, 11) is 0. The average Bonchev–Trinajstić information content (AvgIpc) is 2.61. The molecule has 26 heavy (non-hydrogen) atoms. The van der Waals surface area contributed by atoms with Gasteiger partial charge in [-0.2, -0.15) is 13.2 Å². The molecule has 1 amide bonds. The molecule has 2 heterocycles. The third-order valence-corrected chi connectivity index (χ3v) is 5.10. The molecule has 0 N–H and O–H groups in total. The number of hydrogen-bond acceptors (Lipinski definition) is 3. The van der Waals surface area contributed by atoms with Gasteiger partial charge < -0.3 is 9.80 Å². The minimum absolute atomic E-state index is 0.0442. The van der Waals surface area contributed by atoms with Crippen LogP contribution < -0.4 is 4.90 Å². The Labute approximate surface area is 167 Å². The van der Waals surface area contributed by atoms with Crippen LogP contribution in [0.4, 0.5) is 19.0 Å². The minimum atomic E-state index is -4.48. The first-order valence-corrected chi connectivity index (χ1v) is 9.24. The first kappa shape index (κ1) is 19.2. The number of aromatic nitrogens is 1. The van der Waals surface area contributed by atoms with Crippen molar-refractivity contribution in [1.29, 1.82) is 0 Å². The summed E-state index contributed by atoms with van der Waals surface area (Å²) in [6, 6.07) is 8.19. The van der Waals surface area contributed by atoms with Crippen molar-refractivity contribution in [3.8, 4) is 0 Å². The van der Waals surface area contributed by atoms with E-state index in [0.29, 0.717) is 37.6 Å². The highest BCUT2D eigenvalue weighted by atomic mass is 127. The first-order valence-electron chi connectivity index (χ1n) is 7.78. The number of halogens is 5. The molecule has 3 rings (SSSR count). The van der Waals surface area contributed by atoms with Crippen molar-refractivity contribution < 1.29 is 18.0 Å². The zero-order valence-electron chi connectivity index (χ0n) is 13.4. The maximum atomic E-state index is 12.7. The Morgan fingerprint density at radius 2 is 1.73 bits per heavy atom. The predicted octanol–water partition coefficient (Wildman–Crippen LogP) is 4.32. The monoisotopic (exact) mass is 495 g/mol. The van der Waals surface area contributed by atoms with Crippen molar-refractivity contribution in [2.45, 2.75) is 6.18 Å². The standard InChI is InChI=1S/C17H14ClF3IN3O/c18-14-9-12(17(19,20)21)10-23-15(14)24-5-7-25(8-6-24)16(26)11-1-3-13(22)4-2-11/h1-4,9-10H,5-8H2. The van der Waals surface area contributed by atoms with Gasteiger partial charge in [-0.05, 0) is 52.9 Å². The molecule has 4 nitrogen and oxygen atoms in total. The molecule has 1 aliphatic rings. The van der Waals surface area contributed by atoms with Crippen molar-refractivity contribution in [3.05, 3.63) is 56.2 Å². The van der Waals surface area contributed by atoms with E-state index in [1.165, 1.54) is 0 Å². The molecule has 0 spiro atoms. The smallest absolute Gasteiger partial charge is 0.352 e. The van der Waals surface area contributed by atoms with Crippen molar-refractivity contribution in [1.82, 2.24) is 9.88 Å². The van der Waals surface area contributed by atoms with Gasteiger partial charge in [0.05, 0.1) is 10.6 Å². The number of benzene rings is 1. The lowest BCUT2D eigenvalue weighted by Gasteiger charge is -2.35. The summed E-state index contributed by atoms with van der Waals surface area (Å²) >= 11 is 8.17. The van der Waals surface area contributed by atoms with Crippen LogP contribution in [0.2, 0.25) is 5.02 Å². The number of carbonyl (C=O) groups excluding carboxylic acids is 1. The molecule has 1 fully saturated rings. The molecule has 1 aliphatic heterocycles.